The van der Waals surface area contributed by atoms with E-state index in [4.69, 9.17) is 10.5 Å². The number of hydrogen-bond acceptors (Lipinski definition) is 7. The monoisotopic (exact) mass is 439 g/mol. The number of ether oxygens (including phenoxy) is 1. The van der Waals surface area contributed by atoms with Gasteiger partial charge in [0.15, 0.2) is 5.69 Å². The van der Waals surface area contributed by atoms with Crippen molar-refractivity contribution in [3.8, 4) is 5.75 Å². The molecule has 0 aliphatic carbocycles. The Labute approximate surface area is 177 Å². The number of piperidine rings is 1. The van der Waals surface area contributed by atoms with Gasteiger partial charge < -0.3 is 20.9 Å². The van der Waals surface area contributed by atoms with E-state index in [-0.39, 0.29) is 12.4 Å². The maximum atomic E-state index is 12.7. The number of nitrogens with zero attached hydrogens (tertiary/aromatic N) is 3. The second kappa shape index (κ2) is 9.57. The van der Waals surface area contributed by atoms with Crippen molar-refractivity contribution < 1.29 is 19.4 Å². The maximum Gasteiger partial charge on any atom is 0.410 e. The Morgan fingerprint density at radius 3 is 2.63 bits per heavy atom. The van der Waals surface area contributed by atoms with Gasteiger partial charge in [-0.05, 0) is 45.9 Å². The molecule has 11 heteroatoms. The lowest BCUT2D eigenvalue weighted by Crippen LogP contribution is -2.44. The van der Waals surface area contributed by atoms with Crippen molar-refractivity contribution in [2.45, 2.75) is 51.7 Å². The van der Waals surface area contributed by atoms with E-state index in [1.165, 1.54) is 17.8 Å². The Kier molecular flexibility index (Phi) is 7.60. The molecule has 1 aliphatic rings. The number of rotatable bonds is 4. The van der Waals surface area contributed by atoms with Crippen LogP contribution in [0.4, 0.5) is 4.79 Å². The van der Waals surface area contributed by atoms with Crippen LogP contribution in [0.25, 0.3) is 0 Å². The summed E-state index contributed by atoms with van der Waals surface area (Å²) in [6.45, 7) is 5.81. The number of aromatic hydroxyl groups is 1. The lowest BCUT2D eigenvalue weighted by atomic mass is 10.0. The summed E-state index contributed by atoms with van der Waals surface area (Å²) >= 11 is 0. The van der Waals surface area contributed by atoms with Crippen LogP contribution in [0, 0.1) is 0 Å². The Hall–Kier alpha value is -2.45. The zero-order valence-corrected chi connectivity index (χ0v) is 18.9. The summed E-state index contributed by atoms with van der Waals surface area (Å²) in [6, 6.07) is -0.565. The summed E-state index contributed by atoms with van der Waals surface area (Å²) in [5.41, 5.74) is 4.07. The minimum absolute atomic E-state index is 0.0583. The van der Waals surface area contributed by atoms with Crippen molar-refractivity contribution in [2.24, 2.45) is 12.8 Å². The molecule has 1 fully saturated rings. The largest absolute Gasteiger partial charge is 0.501 e. The standard InChI is InChI=1S/C19H30N5O5P/c1-19(2,3)29-18(28)24-8-6-5-7-12(24)15-22-13(14(25)17(27)23(15)4)16(26)21-11(9-20)10-30/h10,12,25H,5-9,20,30H2,1-4H3,(H,21,26)/b11-10+. The first-order chi connectivity index (χ1) is 14.0. The Morgan fingerprint density at radius 1 is 1.40 bits per heavy atom. The van der Waals surface area contributed by atoms with E-state index >= 15 is 0 Å². The van der Waals surface area contributed by atoms with Crippen LogP contribution < -0.4 is 16.6 Å². The van der Waals surface area contributed by atoms with E-state index in [1.807, 2.05) is 0 Å². The Balaban J connectivity index is 2.48. The summed E-state index contributed by atoms with van der Waals surface area (Å²) in [7, 11) is 3.76. The summed E-state index contributed by atoms with van der Waals surface area (Å²) in [4.78, 5) is 43.7. The first-order valence-electron chi connectivity index (χ1n) is 9.71. The molecule has 0 radical (unpaired) electrons. The van der Waals surface area contributed by atoms with Gasteiger partial charge in [0.1, 0.15) is 11.4 Å². The molecule has 0 bridgehead atoms. The van der Waals surface area contributed by atoms with Crippen LogP contribution in [0.3, 0.4) is 0 Å². The zero-order valence-electron chi connectivity index (χ0n) is 17.8. The molecule has 166 valence electrons. The maximum absolute atomic E-state index is 12.7. The van der Waals surface area contributed by atoms with E-state index in [2.05, 4.69) is 19.5 Å². The van der Waals surface area contributed by atoms with Gasteiger partial charge in [-0.3, -0.25) is 19.1 Å². The summed E-state index contributed by atoms with van der Waals surface area (Å²) in [5, 5.41) is 12.8. The van der Waals surface area contributed by atoms with E-state index in [9.17, 15) is 19.5 Å². The first-order valence-corrected chi connectivity index (χ1v) is 10.4. The van der Waals surface area contributed by atoms with Gasteiger partial charge in [0.05, 0.1) is 6.04 Å². The molecule has 30 heavy (non-hydrogen) atoms. The van der Waals surface area contributed by atoms with Crippen molar-refractivity contribution in [3.63, 3.8) is 0 Å². The van der Waals surface area contributed by atoms with Crippen molar-refractivity contribution in [2.75, 3.05) is 13.1 Å². The lowest BCUT2D eigenvalue weighted by molar-refractivity contribution is 0.00794. The van der Waals surface area contributed by atoms with Gasteiger partial charge in [0, 0.05) is 25.8 Å². The molecule has 10 nitrogen and oxygen atoms in total. The second-order valence-corrected chi connectivity index (χ2v) is 8.40. The molecule has 1 aliphatic heterocycles. The van der Waals surface area contributed by atoms with Gasteiger partial charge in [-0.25, -0.2) is 9.78 Å². The van der Waals surface area contributed by atoms with Gasteiger partial charge in [0.25, 0.3) is 11.5 Å². The molecule has 0 aromatic carbocycles. The quantitative estimate of drug-likeness (QED) is 0.602. The summed E-state index contributed by atoms with van der Waals surface area (Å²) in [6.07, 6.45) is 1.63. The van der Waals surface area contributed by atoms with Crippen LogP contribution in [0.1, 0.15) is 62.4 Å². The van der Waals surface area contributed by atoms with Gasteiger partial charge in [-0.15, -0.1) is 9.24 Å². The number of nitrogens with one attached hydrogen (secondary N) is 1. The topological polar surface area (TPSA) is 140 Å². The third-order valence-corrected chi connectivity index (χ3v) is 5.04. The second-order valence-electron chi connectivity index (χ2n) is 8.07. The van der Waals surface area contributed by atoms with Gasteiger partial charge in [0.2, 0.25) is 5.75 Å². The number of amides is 2. The fourth-order valence-electron chi connectivity index (χ4n) is 3.17. The molecular weight excluding hydrogens is 409 g/mol. The first kappa shape index (κ1) is 23.8. The number of likely N-dealkylation sites (tertiary alicyclic amines) is 1. The summed E-state index contributed by atoms with van der Waals surface area (Å²) < 4.78 is 6.66. The number of carbonyl (C=O) groups is 2. The molecule has 0 spiro atoms. The fourth-order valence-corrected chi connectivity index (χ4v) is 3.39. The van der Waals surface area contributed by atoms with Crippen LogP contribution in [0.15, 0.2) is 16.3 Å². The molecular formula is C19H30N5O5P. The highest BCUT2D eigenvalue weighted by Crippen LogP contribution is 2.31. The Bertz CT molecular complexity index is 906. The van der Waals surface area contributed by atoms with Crippen LogP contribution in [0.2, 0.25) is 0 Å². The molecule has 2 heterocycles. The smallest absolute Gasteiger partial charge is 0.410 e. The van der Waals surface area contributed by atoms with Crippen LogP contribution in [-0.4, -0.2) is 50.2 Å². The fraction of sp³-hybridized carbons (Fsp3) is 0.579. The third-order valence-electron chi connectivity index (χ3n) is 4.64. The Morgan fingerprint density at radius 2 is 2.07 bits per heavy atom. The van der Waals surface area contributed by atoms with E-state index < -0.39 is 40.6 Å². The highest BCUT2D eigenvalue weighted by Gasteiger charge is 2.35. The van der Waals surface area contributed by atoms with E-state index in [0.29, 0.717) is 18.7 Å². The lowest BCUT2D eigenvalue weighted by Gasteiger charge is -2.36. The molecule has 4 N–H and O–H groups in total. The number of hydrogen-bond donors (Lipinski definition) is 3. The van der Waals surface area contributed by atoms with Crippen molar-refractivity contribution in [1.29, 1.82) is 0 Å². The zero-order chi connectivity index (χ0) is 22.6. The van der Waals surface area contributed by atoms with Crippen molar-refractivity contribution in [1.82, 2.24) is 19.8 Å². The average Bonchev–Trinajstić information content (AvgIpc) is 2.69. The third kappa shape index (κ3) is 5.37. The highest BCUT2D eigenvalue weighted by atomic mass is 31.0. The normalized spacial score (nSPS) is 17.6. The molecule has 1 aromatic heterocycles. The highest BCUT2D eigenvalue weighted by molar-refractivity contribution is 7.20. The SMILES string of the molecule is Cn1c(C2CCCCN2C(=O)OC(C)(C)C)nc(C(=O)N/C(=C/P)CN)c(O)c1=O. The molecule has 1 saturated heterocycles. The average molecular weight is 439 g/mol. The predicted molar refractivity (Wildman–Crippen MR) is 115 cm³/mol. The van der Waals surface area contributed by atoms with E-state index in [1.54, 1.807) is 20.8 Å². The molecule has 2 amide bonds. The van der Waals surface area contributed by atoms with Crippen LogP contribution in [0.5, 0.6) is 5.75 Å². The predicted octanol–water partition coefficient (Wildman–Crippen LogP) is 1.35. The molecule has 0 saturated carbocycles. The number of carbonyl (C=O) groups excluding carboxylic acids is 2. The molecule has 2 unspecified atom stereocenters. The number of aromatic nitrogens is 2. The van der Waals surface area contributed by atoms with Gasteiger partial charge >= 0.3 is 6.09 Å². The minimum atomic E-state index is -0.774. The van der Waals surface area contributed by atoms with E-state index in [0.717, 1.165) is 17.4 Å². The van der Waals surface area contributed by atoms with Crippen molar-refractivity contribution in [3.05, 3.63) is 33.4 Å². The summed E-state index contributed by atoms with van der Waals surface area (Å²) in [5.74, 6) is 0.212. The number of nitrogens with two attached hydrogens (primary N) is 1. The molecule has 2 atom stereocenters. The van der Waals surface area contributed by atoms with Crippen molar-refractivity contribution >= 4 is 21.2 Å². The molecule has 1 aromatic rings. The van der Waals surface area contributed by atoms with Crippen LogP contribution >= 0.6 is 9.24 Å². The van der Waals surface area contributed by atoms with Crippen LogP contribution in [-0.2, 0) is 11.8 Å². The van der Waals surface area contributed by atoms with Gasteiger partial charge in [-0.2, -0.15) is 0 Å². The minimum Gasteiger partial charge on any atom is -0.501 e. The van der Waals surface area contributed by atoms with Gasteiger partial charge in [-0.1, -0.05) is 0 Å². The molecule has 2 rings (SSSR count).